The molecule has 0 aliphatic carbocycles. The standard InChI is InChI=1S/C17H17N3O/c1-12-7-6-10-15(11-12)19-13(2)16(18)17(21)20(19)14-8-4-3-5-9-14/h3-11H,18H2,1-2H3. The molecule has 0 atom stereocenters. The van der Waals surface area contributed by atoms with Gasteiger partial charge in [-0.2, -0.15) is 0 Å². The molecule has 2 aromatic carbocycles. The van der Waals surface area contributed by atoms with Gasteiger partial charge in [0.05, 0.1) is 17.1 Å². The molecule has 3 aromatic rings. The minimum absolute atomic E-state index is 0.194. The number of hydrogen-bond acceptors (Lipinski definition) is 2. The Hall–Kier alpha value is -2.75. The molecule has 0 aliphatic rings. The fourth-order valence-corrected chi connectivity index (χ4v) is 2.49. The van der Waals surface area contributed by atoms with Crippen molar-refractivity contribution in [2.45, 2.75) is 13.8 Å². The number of benzene rings is 2. The van der Waals surface area contributed by atoms with E-state index in [9.17, 15) is 4.79 Å². The van der Waals surface area contributed by atoms with Gasteiger partial charge >= 0.3 is 0 Å². The van der Waals surface area contributed by atoms with Crippen LogP contribution in [0.3, 0.4) is 0 Å². The smallest absolute Gasteiger partial charge is 0.295 e. The molecule has 0 aliphatic heterocycles. The van der Waals surface area contributed by atoms with E-state index in [0.717, 1.165) is 22.6 Å². The highest BCUT2D eigenvalue weighted by Crippen LogP contribution is 2.19. The summed E-state index contributed by atoms with van der Waals surface area (Å²) in [7, 11) is 0. The molecule has 1 aromatic heterocycles. The van der Waals surface area contributed by atoms with Gasteiger partial charge in [-0.25, -0.2) is 9.36 Å². The summed E-state index contributed by atoms with van der Waals surface area (Å²) in [6.45, 7) is 3.88. The van der Waals surface area contributed by atoms with E-state index in [0.29, 0.717) is 0 Å². The van der Waals surface area contributed by atoms with Crippen LogP contribution in [0.4, 0.5) is 5.69 Å². The Kier molecular flexibility index (Phi) is 3.14. The SMILES string of the molecule is Cc1cccc(-n2c(C)c(N)c(=O)n2-c2ccccc2)c1. The van der Waals surface area contributed by atoms with Crippen molar-refractivity contribution >= 4 is 5.69 Å². The molecule has 0 amide bonds. The van der Waals surface area contributed by atoms with Gasteiger partial charge in [0, 0.05) is 0 Å². The number of aryl methyl sites for hydroxylation is 1. The second-order valence-electron chi connectivity index (χ2n) is 5.10. The molecule has 106 valence electrons. The van der Waals surface area contributed by atoms with Gasteiger partial charge in [0.1, 0.15) is 5.69 Å². The Labute approximate surface area is 123 Å². The molecule has 0 spiro atoms. The lowest BCUT2D eigenvalue weighted by Gasteiger charge is -2.14. The maximum Gasteiger partial charge on any atom is 0.295 e. The van der Waals surface area contributed by atoms with Crippen molar-refractivity contribution in [3.8, 4) is 11.4 Å². The molecule has 0 radical (unpaired) electrons. The average Bonchev–Trinajstić information content (AvgIpc) is 2.72. The lowest BCUT2D eigenvalue weighted by Crippen LogP contribution is -2.21. The van der Waals surface area contributed by atoms with Crippen molar-refractivity contribution < 1.29 is 0 Å². The summed E-state index contributed by atoms with van der Waals surface area (Å²) in [6.07, 6.45) is 0. The van der Waals surface area contributed by atoms with Crippen LogP contribution in [0.2, 0.25) is 0 Å². The Morgan fingerprint density at radius 3 is 2.19 bits per heavy atom. The predicted octanol–water partition coefficient (Wildman–Crippen LogP) is 2.83. The Balaban J connectivity index is 2.36. The maximum atomic E-state index is 12.5. The highest BCUT2D eigenvalue weighted by Gasteiger charge is 2.16. The molecular formula is C17H17N3O. The van der Waals surface area contributed by atoms with Crippen LogP contribution in [0.1, 0.15) is 11.3 Å². The summed E-state index contributed by atoms with van der Waals surface area (Å²) in [4.78, 5) is 12.5. The Bertz CT molecular complexity index is 844. The summed E-state index contributed by atoms with van der Waals surface area (Å²) in [5.41, 5.74) is 9.64. The average molecular weight is 279 g/mol. The zero-order valence-electron chi connectivity index (χ0n) is 12.1. The number of hydrogen-bond donors (Lipinski definition) is 1. The first-order valence-corrected chi connectivity index (χ1v) is 6.82. The fraction of sp³-hybridized carbons (Fsp3) is 0.118. The van der Waals surface area contributed by atoms with E-state index in [1.807, 2.05) is 73.1 Å². The number of nitrogen functional groups attached to an aromatic ring is 1. The molecule has 3 rings (SSSR count). The maximum absolute atomic E-state index is 12.5. The van der Waals surface area contributed by atoms with Crippen LogP contribution in [0, 0.1) is 13.8 Å². The molecule has 0 bridgehead atoms. The van der Waals surface area contributed by atoms with E-state index < -0.39 is 0 Å². The van der Waals surface area contributed by atoms with E-state index in [-0.39, 0.29) is 11.2 Å². The first-order valence-electron chi connectivity index (χ1n) is 6.82. The summed E-state index contributed by atoms with van der Waals surface area (Å²) in [5, 5.41) is 0. The van der Waals surface area contributed by atoms with E-state index in [1.165, 1.54) is 0 Å². The zero-order valence-corrected chi connectivity index (χ0v) is 12.1. The lowest BCUT2D eigenvalue weighted by molar-refractivity contribution is 0.706. The lowest BCUT2D eigenvalue weighted by atomic mass is 10.2. The van der Waals surface area contributed by atoms with Crippen molar-refractivity contribution in [3.63, 3.8) is 0 Å². The number of aromatic nitrogens is 2. The Morgan fingerprint density at radius 1 is 0.857 bits per heavy atom. The topological polar surface area (TPSA) is 52.9 Å². The van der Waals surface area contributed by atoms with Crippen molar-refractivity contribution in [2.75, 3.05) is 5.73 Å². The van der Waals surface area contributed by atoms with Crippen molar-refractivity contribution in [2.24, 2.45) is 0 Å². The second-order valence-corrected chi connectivity index (χ2v) is 5.10. The number of anilines is 1. The third-order valence-electron chi connectivity index (χ3n) is 3.58. The predicted molar refractivity (Wildman–Crippen MR) is 85.3 cm³/mol. The third kappa shape index (κ3) is 2.14. The molecule has 21 heavy (non-hydrogen) atoms. The van der Waals surface area contributed by atoms with Gasteiger partial charge in [0.15, 0.2) is 0 Å². The molecule has 0 saturated carbocycles. The largest absolute Gasteiger partial charge is 0.393 e. The van der Waals surface area contributed by atoms with E-state index >= 15 is 0 Å². The third-order valence-corrected chi connectivity index (χ3v) is 3.58. The molecular weight excluding hydrogens is 262 g/mol. The summed E-state index contributed by atoms with van der Waals surface area (Å²) in [6, 6.07) is 17.5. The van der Waals surface area contributed by atoms with E-state index in [4.69, 9.17) is 5.73 Å². The van der Waals surface area contributed by atoms with Crippen LogP contribution < -0.4 is 11.3 Å². The zero-order chi connectivity index (χ0) is 15.0. The number of para-hydroxylation sites is 1. The molecule has 0 fully saturated rings. The molecule has 4 nitrogen and oxygen atoms in total. The van der Waals surface area contributed by atoms with Crippen LogP contribution in [0.15, 0.2) is 59.4 Å². The number of nitrogens with two attached hydrogens (primary N) is 1. The van der Waals surface area contributed by atoms with Gasteiger partial charge in [-0.3, -0.25) is 4.79 Å². The summed E-state index contributed by atoms with van der Waals surface area (Å²) in [5.74, 6) is 0. The van der Waals surface area contributed by atoms with E-state index in [1.54, 1.807) is 4.68 Å². The van der Waals surface area contributed by atoms with Gasteiger partial charge in [-0.1, -0.05) is 30.3 Å². The minimum atomic E-state index is -0.194. The van der Waals surface area contributed by atoms with Gasteiger partial charge < -0.3 is 5.73 Å². The fourth-order valence-electron chi connectivity index (χ4n) is 2.49. The van der Waals surface area contributed by atoms with Gasteiger partial charge in [-0.15, -0.1) is 0 Å². The van der Waals surface area contributed by atoms with Crippen molar-refractivity contribution in [1.29, 1.82) is 0 Å². The normalized spacial score (nSPS) is 10.8. The number of rotatable bonds is 2. The van der Waals surface area contributed by atoms with Crippen molar-refractivity contribution in [1.82, 2.24) is 9.36 Å². The summed E-state index contributed by atoms with van der Waals surface area (Å²) < 4.78 is 3.47. The van der Waals surface area contributed by atoms with Crippen LogP contribution in [0.5, 0.6) is 0 Å². The second kappa shape index (κ2) is 4.98. The van der Waals surface area contributed by atoms with Gasteiger partial charge in [-0.05, 0) is 43.7 Å². The van der Waals surface area contributed by atoms with Crippen molar-refractivity contribution in [3.05, 3.63) is 76.2 Å². The highest BCUT2D eigenvalue weighted by atomic mass is 16.1. The minimum Gasteiger partial charge on any atom is -0.393 e. The van der Waals surface area contributed by atoms with Crippen LogP contribution in [-0.4, -0.2) is 9.36 Å². The first-order chi connectivity index (χ1) is 10.1. The molecule has 0 unspecified atom stereocenters. The number of nitrogens with zero attached hydrogens (tertiary/aromatic N) is 2. The van der Waals surface area contributed by atoms with Crippen LogP contribution in [-0.2, 0) is 0 Å². The Morgan fingerprint density at radius 2 is 1.52 bits per heavy atom. The molecule has 0 saturated heterocycles. The van der Waals surface area contributed by atoms with Crippen LogP contribution in [0.25, 0.3) is 11.4 Å². The quantitative estimate of drug-likeness (QED) is 0.784. The van der Waals surface area contributed by atoms with Gasteiger partial charge in [0.25, 0.3) is 5.56 Å². The molecule has 1 heterocycles. The van der Waals surface area contributed by atoms with Gasteiger partial charge in [0.2, 0.25) is 0 Å². The monoisotopic (exact) mass is 279 g/mol. The highest BCUT2D eigenvalue weighted by molar-refractivity contribution is 5.50. The molecule has 2 N–H and O–H groups in total. The van der Waals surface area contributed by atoms with Crippen LogP contribution >= 0.6 is 0 Å². The first kappa shape index (κ1) is 13.2. The summed E-state index contributed by atoms with van der Waals surface area (Å²) >= 11 is 0. The van der Waals surface area contributed by atoms with E-state index in [2.05, 4.69) is 0 Å². The molecule has 4 heteroatoms.